The average Bonchev–Trinajstić information content (AvgIpc) is 3.38. The zero-order valence-electron chi connectivity index (χ0n) is 18.0. The van der Waals surface area contributed by atoms with Crippen molar-refractivity contribution in [1.29, 1.82) is 0 Å². The summed E-state index contributed by atoms with van der Waals surface area (Å²) in [5, 5.41) is 14.7. The van der Waals surface area contributed by atoms with Crippen molar-refractivity contribution in [3.8, 4) is 11.1 Å². The molecule has 1 saturated carbocycles. The first-order chi connectivity index (χ1) is 15.5. The van der Waals surface area contributed by atoms with E-state index in [1.54, 1.807) is 6.92 Å². The molecule has 0 heterocycles. The van der Waals surface area contributed by atoms with Gasteiger partial charge in [-0.15, -0.1) is 0 Å². The van der Waals surface area contributed by atoms with Crippen LogP contribution in [0.25, 0.3) is 11.1 Å². The lowest BCUT2D eigenvalue weighted by molar-refractivity contribution is -0.142. The van der Waals surface area contributed by atoms with E-state index in [4.69, 9.17) is 4.74 Å². The number of rotatable bonds is 7. The van der Waals surface area contributed by atoms with E-state index in [0.717, 1.165) is 28.7 Å². The highest BCUT2D eigenvalue weighted by atomic mass is 16.5. The topological polar surface area (TPSA) is 105 Å². The van der Waals surface area contributed by atoms with E-state index in [-0.39, 0.29) is 18.4 Å². The Bertz CT molecular complexity index is 975. The van der Waals surface area contributed by atoms with Crippen molar-refractivity contribution < 1.29 is 24.2 Å². The van der Waals surface area contributed by atoms with Gasteiger partial charge in [-0.25, -0.2) is 4.79 Å². The number of carbonyl (C=O) groups excluding carboxylic acids is 2. The molecule has 3 atom stereocenters. The molecule has 0 saturated heterocycles. The van der Waals surface area contributed by atoms with Gasteiger partial charge in [0.25, 0.3) is 0 Å². The summed E-state index contributed by atoms with van der Waals surface area (Å²) in [5.74, 6) is -1.91. The molecule has 7 nitrogen and oxygen atoms in total. The van der Waals surface area contributed by atoms with Crippen LogP contribution >= 0.6 is 0 Å². The summed E-state index contributed by atoms with van der Waals surface area (Å²) < 4.78 is 5.53. The normalized spacial score (nSPS) is 20.2. The molecule has 0 aromatic heterocycles. The molecule has 2 aromatic carbocycles. The number of alkyl carbamates (subject to hydrolysis) is 1. The molecule has 1 fully saturated rings. The second-order valence-electron chi connectivity index (χ2n) is 8.42. The van der Waals surface area contributed by atoms with Crippen LogP contribution < -0.4 is 10.6 Å². The predicted molar refractivity (Wildman–Crippen MR) is 119 cm³/mol. The van der Waals surface area contributed by atoms with Crippen LogP contribution in [0, 0.1) is 5.92 Å². The van der Waals surface area contributed by atoms with Gasteiger partial charge in [-0.2, -0.15) is 0 Å². The molecule has 3 unspecified atom stereocenters. The van der Waals surface area contributed by atoms with Crippen molar-refractivity contribution in [2.24, 2.45) is 5.92 Å². The zero-order chi connectivity index (χ0) is 22.7. The number of carboxylic acid groups (broad SMARTS) is 1. The molecule has 2 aliphatic rings. The van der Waals surface area contributed by atoms with Crippen LogP contribution in [0.5, 0.6) is 0 Å². The molecule has 7 heteroatoms. The Kier molecular flexibility index (Phi) is 6.44. The molecule has 0 aliphatic heterocycles. The predicted octanol–water partition coefficient (Wildman–Crippen LogP) is 3.67. The lowest BCUT2D eigenvalue weighted by atomic mass is 9.98. The van der Waals surface area contributed by atoms with Gasteiger partial charge in [0, 0.05) is 12.0 Å². The summed E-state index contributed by atoms with van der Waals surface area (Å²) in [6.45, 7) is 1.96. The molecule has 0 radical (unpaired) electrons. The largest absolute Gasteiger partial charge is 0.481 e. The second kappa shape index (κ2) is 9.42. The number of ether oxygens (including phenoxy) is 1. The van der Waals surface area contributed by atoms with Crippen molar-refractivity contribution in [2.75, 3.05) is 6.61 Å². The van der Waals surface area contributed by atoms with E-state index in [1.165, 1.54) is 0 Å². The van der Waals surface area contributed by atoms with Crippen molar-refractivity contribution >= 4 is 18.0 Å². The van der Waals surface area contributed by atoms with Gasteiger partial charge in [-0.3, -0.25) is 9.59 Å². The minimum Gasteiger partial charge on any atom is -0.481 e. The Morgan fingerprint density at radius 2 is 1.66 bits per heavy atom. The van der Waals surface area contributed by atoms with E-state index in [1.807, 2.05) is 36.4 Å². The molecule has 2 aliphatic carbocycles. The summed E-state index contributed by atoms with van der Waals surface area (Å²) in [6, 6.07) is 15.0. The molecular formula is C25H28N2O5. The minimum atomic E-state index is -0.898. The zero-order valence-corrected chi connectivity index (χ0v) is 18.0. The van der Waals surface area contributed by atoms with Crippen molar-refractivity contribution in [3.63, 3.8) is 0 Å². The van der Waals surface area contributed by atoms with Crippen LogP contribution in [0.1, 0.15) is 49.7 Å². The van der Waals surface area contributed by atoms with E-state index < -0.39 is 30.1 Å². The highest BCUT2D eigenvalue weighted by Crippen LogP contribution is 2.44. The number of fused-ring (bicyclic) bond motifs is 3. The standard InChI is InChI=1S/C25H28N2O5/c1-2-21(23(28)26-22-13-7-12-19(22)24(29)30)27-25(31)32-14-20-17-10-5-3-8-15(17)16-9-4-6-11-18(16)20/h3-6,8-11,19-22H,2,7,12-14H2,1H3,(H,26,28)(H,27,31)(H,29,30). The summed E-state index contributed by atoms with van der Waals surface area (Å²) in [5.41, 5.74) is 4.53. The van der Waals surface area contributed by atoms with Crippen LogP contribution in [0.4, 0.5) is 4.79 Å². The first-order valence-electron chi connectivity index (χ1n) is 11.1. The molecule has 2 aromatic rings. The Morgan fingerprint density at radius 1 is 1.03 bits per heavy atom. The third-order valence-corrected chi connectivity index (χ3v) is 6.52. The summed E-state index contributed by atoms with van der Waals surface area (Å²) in [4.78, 5) is 36.5. The van der Waals surface area contributed by atoms with E-state index in [9.17, 15) is 19.5 Å². The number of aliphatic carboxylic acids is 1. The fourth-order valence-electron chi connectivity index (χ4n) is 4.85. The van der Waals surface area contributed by atoms with Gasteiger partial charge in [0.15, 0.2) is 0 Å². The summed E-state index contributed by atoms with van der Waals surface area (Å²) in [7, 11) is 0. The van der Waals surface area contributed by atoms with Gasteiger partial charge >= 0.3 is 12.1 Å². The molecule has 168 valence electrons. The van der Waals surface area contributed by atoms with Gasteiger partial charge in [-0.1, -0.05) is 61.9 Å². The molecule has 0 spiro atoms. The number of carboxylic acids is 1. The van der Waals surface area contributed by atoms with Crippen LogP contribution in [0.3, 0.4) is 0 Å². The van der Waals surface area contributed by atoms with Crippen LogP contribution in [0.2, 0.25) is 0 Å². The van der Waals surface area contributed by atoms with Crippen molar-refractivity contribution in [1.82, 2.24) is 10.6 Å². The maximum absolute atomic E-state index is 12.6. The van der Waals surface area contributed by atoms with Gasteiger partial charge < -0.3 is 20.5 Å². The fraction of sp³-hybridized carbons (Fsp3) is 0.400. The quantitative estimate of drug-likeness (QED) is 0.614. The maximum Gasteiger partial charge on any atom is 0.407 e. The highest BCUT2D eigenvalue weighted by molar-refractivity contribution is 5.86. The van der Waals surface area contributed by atoms with Gasteiger partial charge in [0.1, 0.15) is 12.6 Å². The second-order valence-corrected chi connectivity index (χ2v) is 8.42. The van der Waals surface area contributed by atoms with Gasteiger partial charge in [-0.05, 0) is 41.5 Å². The highest BCUT2D eigenvalue weighted by Gasteiger charge is 2.35. The molecule has 0 bridgehead atoms. The fourth-order valence-corrected chi connectivity index (χ4v) is 4.85. The minimum absolute atomic E-state index is 0.0585. The van der Waals surface area contributed by atoms with Gasteiger partial charge in [0.2, 0.25) is 5.91 Å². The number of nitrogens with one attached hydrogen (secondary N) is 2. The number of benzene rings is 2. The molecule has 4 rings (SSSR count). The third-order valence-electron chi connectivity index (χ3n) is 6.52. The number of amides is 2. The third kappa shape index (κ3) is 4.33. The Labute approximate surface area is 187 Å². The smallest absolute Gasteiger partial charge is 0.407 e. The van der Waals surface area contributed by atoms with E-state index >= 15 is 0 Å². The molecule has 2 amide bonds. The Hall–Kier alpha value is -3.35. The van der Waals surface area contributed by atoms with Crippen LogP contribution in [-0.4, -0.2) is 41.8 Å². The van der Waals surface area contributed by atoms with E-state index in [0.29, 0.717) is 19.3 Å². The monoisotopic (exact) mass is 436 g/mol. The van der Waals surface area contributed by atoms with Crippen LogP contribution in [0.15, 0.2) is 48.5 Å². The lowest BCUT2D eigenvalue weighted by Gasteiger charge is -2.22. The SMILES string of the molecule is CCC(NC(=O)OCC1c2ccccc2-c2ccccc21)C(=O)NC1CCCC1C(=O)O. The number of carbonyl (C=O) groups is 3. The lowest BCUT2D eigenvalue weighted by Crippen LogP contribution is -2.51. The Balaban J connectivity index is 1.36. The van der Waals surface area contributed by atoms with Crippen molar-refractivity contribution in [3.05, 3.63) is 59.7 Å². The first-order valence-corrected chi connectivity index (χ1v) is 11.1. The maximum atomic E-state index is 12.6. The first kappa shape index (κ1) is 21.9. The van der Waals surface area contributed by atoms with Crippen LogP contribution in [-0.2, 0) is 14.3 Å². The number of hydrogen-bond donors (Lipinski definition) is 3. The molecule has 3 N–H and O–H groups in total. The average molecular weight is 437 g/mol. The molecular weight excluding hydrogens is 408 g/mol. The Morgan fingerprint density at radius 3 is 2.25 bits per heavy atom. The summed E-state index contributed by atoms with van der Waals surface area (Å²) >= 11 is 0. The molecule has 32 heavy (non-hydrogen) atoms. The van der Waals surface area contributed by atoms with Gasteiger partial charge in [0.05, 0.1) is 5.92 Å². The van der Waals surface area contributed by atoms with E-state index in [2.05, 4.69) is 22.8 Å². The van der Waals surface area contributed by atoms with Crippen molar-refractivity contribution in [2.45, 2.75) is 50.6 Å². The number of hydrogen-bond acceptors (Lipinski definition) is 4. The summed E-state index contributed by atoms with van der Waals surface area (Å²) in [6.07, 6.45) is 1.66.